The van der Waals surface area contributed by atoms with Crippen LogP contribution in [0.25, 0.3) is 0 Å². The highest BCUT2D eigenvalue weighted by Gasteiger charge is 2.40. The summed E-state index contributed by atoms with van der Waals surface area (Å²) in [6.45, 7) is 5.42. The maximum atomic E-state index is 10.7. The van der Waals surface area contributed by atoms with E-state index in [9.17, 15) is 5.11 Å². The van der Waals surface area contributed by atoms with Gasteiger partial charge in [0.1, 0.15) is 0 Å². The SMILES string of the molecule is CCC1CCNC(C2(O)CCN(C)CC2)C1. The van der Waals surface area contributed by atoms with Gasteiger partial charge >= 0.3 is 0 Å². The van der Waals surface area contributed by atoms with Crippen LogP contribution < -0.4 is 5.32 Å². The van der Waals surface area contributed by atoms with Crippen LogP contribution in [-0.2, 0) is 0 Å². The summed E-state index contributed by atoms with van der Waals surface area (Å²) in [6, 6.07) is 0.333. The molecule has 2 aliphatic heterocycles. The molecule has 0 bridgehead atoms. The Kier molecular flexibility index (Phi) is 3.88. The second kappa shape index (κ2) is 5.03. The fourth-order valence-electron chi connectivity index (χ4n) is 3.13. The molecule has 0 aromatic carbocycles. The van der Waals surface area contributed by atoms with Crippen molar-refractivity contribution in [3.05, 3.63) is 0 Å². The summed E-state index contributed by atoms with van der Waals surface area (Å²) in [4.78, 5) is 2.31. The molecule has 2 saturated heterocycles. The normalized spacial score (nSPS) is 36.2. The molecule has 2 heterocycles. The summed E-state index contributed by atoms with van der Waals surface area (Å²) in [5, 5.41) is 14.3. The van der Waals surface area contributed by atoms with Gasteiger partial charge in [0.15, 0.2) is 0 Å². The summed E-state index contributed by atoms with van der Waals surface area (Å²) in [6.07, 6.45) is 5.56. The van der Waals surface area contributed by atoms with E-state index < -0.39 is 5.60 Å². The summed E-state index contributed by atoms with van der Waals surface area (Å²) in [5.74, 6) is 0.815. The minimum absolute atomic E-state index is 0.333. The predicted molar refractivity (Wildman–Crippen MR) is 66.5 cm³/mol. The van der Waals surface area contributed by atoms with Crippen LogP contribution in [0.15, 0.2) is 0 Å². The van der Waals surface area contributed by atoms with Gasteiger partial charge in [0.05, 0.1) is 5.60 Å². The average Bonchev–Trinajstić information content (AvgIpc) is 2.33. The zero-order valence-corrected chi connectivity index (χ0v) is 10.7. The van der Waals surface area contributed by atoms with Gasteiger partial charge in [0.25, 0.3) is 0 Å². The number of nitrogens with zero attached hydrogens (tertiary/aromatic N) is 1. The molecule has 94 valence electrons. The van der Waals surface area contributed by atoms with E-state index in [0.717, 1.165) is 44.8 Å². The third-order valence-electron chi connectivity index (χ3n) is 4.59. The van der Waals surface area contributed by atoms with E-state index in [-0.39, 0.29) is 0 Å². The molecule has 0 aromatic heterocycles. The molecule has 0 saturated carbocycles. The Labute approximate surface area is 99.2 Å². The Morgan fingerprint density at radius 1 is 1.38 bits per heavy atom. The maximum Gasteiger partial charge on any atom is 0.0824 e. The molecule has 3 heteroatoms. The first-order valence-corrected chi connectivity index (χ1v) is 6.78. The van der Waals surface area contributed by atoms with Gasteiger partial charge in [-0.25, -0.2) is 0 Å². The lowest BCUT2D eigenvalue weighted by Gasteiger charge is -2.45. The molecule has 0 radical (unpaired) electrons. The van der Waals surface area contributed by atoms with Crippen LogP contribution in [0.4, 0.5) is 0 Å². The van der Waals surface area contributed by atoms with Crippen molar-refractivity contribution in [2.75, 3.05) is 26.7 Å². The first kappa shape index (κ1) is 12.3. The fourth-order valence-corrected chi connectivity index (χ4v) is 3.13. The minimum Gasteiger partial charge on any atom is -0.388 e. The quantitative estimate of drug-likeness (QED) is 0.743. The molecule has 2 rings (SSSR count). The zero-order valence-electron chi connectivity index (χ0n) is 10.7. The Balaban J connectivity index is 1.94. The van der Waals surface area contributed by atoms with Gasteiger partial charge in [0.2, 0.25) is 0 Å². The lowest BCUT2D eigenvalue weighted by Crippen LogP contribution is -2.58. The highest BCUT2D eigenvalue weighted by molar-refractivity contribution is 4.97. The van der Waals surface area contributed by atoms with E-state index in [1.54, 1.807) is 0 Å². The molecule has 2 aliphatic rings. The Morgan fingerprint density at radius 2 is 2.06 bits per heavy atom. The van der Waals surface area contributed by atoms with E-state index in [0.29, 0.717) is 6.04 Å². The van der Waals surface area contributed by atoms with Crippen molar-refractivity contribution in [2.45, 2.75) is 50.7 Å². The number of nitrogens with one attached hydrogen (secondary N) is 1. The van der Waals surface area contributed by atoms with Gasteiger partial charge < -0.3 is 15.3 Å². The van der Waals surface area contributed by atoms with E-state index >= 15 is 0 Å². The molecule has 0 spiro atoms. The smallest absolute Gasteiger partial charge is 0.0824 e. The van der Waals surface area contributed by atoms with Gasteiger partial charge in [-0.2, -0.15) is 0 Å². The van der Waals surface area contributed by atoms with Crippen LogP contribution in [0, 0.1) is 5.92 Å². The van der Waals surface area contributed by atoms with Crippen molar-refractivity contribution in [3.63, 3.8) is 0 Å². The van der Waals surface area contributed by atoms with Gasteiger partial charge in [-0.3, -0.25) is 0 Å². The number of hydrogen-bond donors (Lipinski definition) is 2. The second-order valence-electron chi connectivity index (χ2n) is 5.71. The standard InChI is InChI=1S/C13H26N2O/c1-3-11-4-7-14-12(10-11)13(16)5-8-15(2)9-6-13/h11-12,14,16H,3-10H2,1-2H3. The summed E-state index contributed by atoms with van der Waals surface area (Å²) in [5.41, 5.74) is -0.444. The first-order valence-electron chi connectivity index (χ1n) is 6.78. The van der Waals surface area contributed by atoms with E-state index in [2.05, 4.69) is 24.2 Å². The molecule has 2 atom stereocenters. The average molecular weight is 226 g/mol. The van der Waals surface area contributed by atoms with Gasteiger partial charge in [-0.1, -0.05) is 13.3 Å². The Morgan fingerprint density at radius 3 is 2.69 bits per heavy atom. The van der Waals surface area contributed by atoms with E-state index in [1.165, 1.54) is 12.8 Å². The summed E-state index contributed by atoms with van der Waals surface area (Å²) < 4.78 is 0. The van der Waals surface area contributed by atoms with Crippen molar-refractivity contribution < 1.29 is 5.11 Å². The van der Waals surface area contributed by atoms with Crippen molar-refractivity contribution >= 4 is 0 Å². The highest BCUT2D eigenvalue weighted by Crippen LogP contribution is 2.32. The van der Waals surface area contributed by atoms with Gasteiger partial charge in [0, 0.05) is 19.1 Å². The molecular weight excluding hydrogens is 200 g/mol. The number of hydrogen-bond acceptors (Lipinski definition) is 3. The first-order chi connectivity index (χ1) is 7.64. The topological polar surface area (TPSA) is 35.5 Å². The largest absolute Gasteiger partial charge is 0.388 e. The lowest BCUT2D eigenvalue weighted by molar-refractivity contribution is -0.0574. The van der Waals surface area contributed by atoms with Crippen LogP contribution in [-0.4, -0.2) is 48.3 Å². The summed E-state index contributed by atoms with van der Waals surface area (Å²) >= 11 is 0. The molecule has 2 fully saturated rings. The molecule has 0 aliphatic carbocycles. The monoisotopic (exact) mass is 226 g/mol. The zero-order chi connectivity index (χ0) is 11.6. The third-order valence-corrected chi connectivity index (χ3v) is 4.59. The van der Waals surface area contributed by atoms with Crippen molar-refractivity contribution in [3.8, 4) is 0 Å². The van der Waals surface area contributed by atoms with Crippen LogP contribution in [0.5, 0.6) is 0 Å². The number of piperidine rings is 2. The van der Waals surface area contributed by atoms with Crippen molar-refractivity contribution in [2.24, 2.45) is 5.92 Å². The molecule has 2 unspecified atom stereocenters. The van der Waals surface area contributed by atoms with Gasteiger partial charge in [-0.05, 0) is 45.2 Å². The molecule has 16 heavy (non-hydrogen) atoms. The lowest BCUT2D eigenvalue weighted by atomic mass is 9.77. The van der Waals surface area contributed by atoms with Crippen LogP contribution in [0.3, 0.4) is 0 Å². The third kappa shape index (κ3) is 2.58. The van der Waals surface area contributed by atoms with Crippen LogP contribution in [0.2, 0.25) is 0 Å². The molecule has 0 aromatic rings. The maximum absolute atomic E-state index is 10.7. The van der Waals surface area contributed by atoms with Crippen molar-refractivity contribution in [1.82, 2.24) is 10.2 Å². The summed E-state index contributed by atoms with van der Waals surface area (Å²) in [7, 11) is 2.14. The van der Waals surface area contributed by atoms with E-state index in [4.69, 9.17) is 0 Å². The highest BCUT2D eigenvalue weighted by atomic mass is 16.3. The fraction of sp³-hybridized carbons (Fsp3) is 1.00. The molecular formula is C13H26N2O. The van der Waals surface area contributed by atoms with Crippen LogP contribution in [0.1, 0.15) is 39.0 Å². The second-order valence-corrected chi connectivity index (χ2v) is 5.71. The Hall–Kier alpha value is -0.120. The number of aliphatic hydroxyl groups is 1. The van der Waals surface area contributed by atoms with Crippen molar-refractivity contribution in [1.29, 1.82) is 0 Å². The molecule has 2 N–H and O–H groups in total. The Bertz CT molecular complexity index is 224. The number of rotatable bonds is 2. The van der Waals surface area contributed by atoms with E-state index in [1.807, 2.05) is 0 Å². The predicted octanol–water partition coefficient (Wildman–Crippen LogP) is 1.22. The molecule has 0 amide bonds. The molecule has 3 nitrogen and oxygen atoms in total. The van der Waals surface area contributed by atoms with Crippen LogP contribution >= 0.6 is 0 Å². The minimum atomic E-state index is -0.444. The van der Waals surface area contributed by atoms with Gasteiger partial charge in [-0.15, -0.1) is 0 Å². The number of likely N-dealkylation sites (tertiary alicyclic amines) is 1.